The van der Waals surface area contributed by atoms with E-state index in [9.17, 15) is 12.8 Å². The summed E-state index contributed by atoms with van der Waals surface area (Å²) < 4.78 is 40.2. The largest absolute Gasteiger partial charge is 0.326 e. The molecule has 0 unspecified atom stereocenters. The second-order valence-electron chi connectivity index (χ2n) is 4.91. The smallest absolute Gasteiger partial charge is 0.235 e. The van der Waals surface area contributed by atoms with Gasteiger partial charge in [-0.3, -0.25) is 4.72 Å². The van der Waals surface area contributed by atoms with Crippen molar-refractivity contribution in [2.45, 2.75) is 43.9 Å². The van der Waals surface area contributed by atoms with Gasteiger partial charge in [-0.2, -0.15) is 0 Å². The minimum atomic E-state index is -3.41. The van der Waals surface area contributed by atoms with Crippen LogP contribution in [0.5, 0.6) is 0 Å². The lowest BCUT2D eigenvalue weighted by molar-refractivity contribution is 0.486. The van der Waals surface area contributed by atoms with Gasteiger partial charge in [0.05, 0.1) is 10.9 Å². The number of sulfonamides is 1. The van der Waals surface area contributed by atoms with Crippen molar-refractivity contribution in [3.8, 4) is 0 Å². The van der Waals surface area contributed by atoms with E-state index in [4.69, 9.17) is 5.73 Å². The molecule has 0 bridgehead atoms. The zero-order valence-corrected chi connectivity index (χ0v) is 11.5. The van der Waals surface area contributed by atoms with Crippen LogP contribution in [-0.2, 0) is 16.6 Å². The molecule has 1 aliphatic carbocycles. The zero-order chi connectivity index (χ0) is 13.9. The van der Waals surface area contributed by atoms with Gasteiger partial charge in [0.2, 0.25) is 10.0 Å². The third-order valence-corrected chi connectivity index (χ3v) is 5.38. The minimum absolute atomic E-state index is 0.0975. The summed E-state index contributed by atoms with van der Waals surface area (Å²) in [5.74, 6) is -0.416. The fourth-order valence-electron chi connectivity index (χ4n) is 2.44. The summed E-state index contributed by atoms with van der Waals surface area (Å²) >= 11 is 0. The van der Waals surface area contributed by atoms with Crippen LogP contribution in [-0.4, -0.2) is 13.7 Å². The molecule has 1 aromatic carbocycles. The third kappa shape index (κ3) is 3.45. The van der Waals surface area contributed by atoms with Crippen molar-refractivity contribution in [3.63, 3.8) is 0 Å². The Bertz CT molecular complexity index is 540. The van der Waals surface area contributed by atoms with E-state index in [-0.39, 0.29) is 11.8 Å². The molecule has 0 aromatic heterocycles. The fourth-order valence-corrected chi connectivity index (χ4v) is 4.07. The Morgan fingerprint density at radius 2 is 1.95 bits per heavy atom. The molecular weight excluding hydrogens is 267 g/mol. The standard InChI is InChI=1S/C13H19FN2O2S/c14-11-6-7-13(10(8-11)9-15)16-19(17,18)12-4-2-1-3-5-12/h6-8,12,16H,1-5,9,15H2. The average Bonchev–Trinajstić information content (AvgIpc) is 2.41. The van der Waals surface area contributed by atoms with Crippen molar-refractivity contribution >= 4 is 15.7 Å². The van der Waals surface area contributed by atoms with Crippen LogP contribution in [0.4, 0.5) is 10.1 Å². The number of benzene rings is 1. The predicted octanol–water partition coefficient (Wildman–Crippen LogP) is 2.36. The number of halogens is 1. The summed E-state index contributed by atoms with van der Waals surface area (Å²) in [6, 6.07) is 3.93. The number of hydrogen-bond acceptors (Lipinski definition) is 3. The van der Waals surface area contributed by atoms with Gasteiger partial charge in [0.1, 0.15) is 5.82 Å². The Morgan fingerprint density at radius 1 is 1.26 bits per heavy atom. The first-order valence-electron chi connectivity index (χ1n) is 6.53. The fraction of sp³-hybridized carbons (Fsp3) is 0.538. The first kappa shape index (κ1) is 14.3. The van der Waals surface area contributed by atoms with Gasteiger partial charge in [-0.15, -0.1) is 0 Å². The second kappa shape index (κ2) is 5.88. The summed E-state index contributed by atoms with van der Waals surface area (Å²) in [5, 5.41) is -0.350. The van der Waals surface area contributed by atoms with Gasteiger partial charge in [-0.1, -0.05) is 19.3 Å². The Balaban J connectivity index is 2.19. The molecule has 0 atom stereocenters. The molecule has 3 N–H and O–H groups in total. The van der Waals surface area contributed by atoms with E-state index >= 15 is 0 Å². The summed E-state index contributed by atoms with van der Waals surface area (Å²) in [6.07, 6.45) is 4.36. The van der Waals surface area contributed by atoms with Gasteiger partial charge < -0.3 is 5.73 Å². The van der Waals surface area contributed by atoms with Crippen molar-refractivity contribution in [2.75, 3.05) is 4.72 Å². The van der Waals surface area contributed by atoms with Gasteiger partial charge in [0.15, 0.2) is 0 Å². The van der Waals surface area contributed by atoms with Crippen LogP contribution in [0.15, 0.2) is 18.2 Å². The van der Waals surface area contributed by atoms with Crippen LogP contribution in [0, 0.1) is 5.82 Å². The highest BCUT2D eigenvalue weighted by molar-refractivity contribution is 7.93. The van der Waals surface area contributed by atoms with Crippen molar-refractivity contribution < 1.29 is 12.8 Å². The molecule has 19 heavy (non-hydrogen) atoms. The van der Waals surface area contributed by atoms with Crippen LogP contribution < -0.4 is 10.5 Å². The maximum absolute atomic E-state index is 13.1. The molecule has 2 rings (SSSR count). The normalized spacial score (nSPS) is 17.4. The summed E-state index contributed by atoms with van der Waals surface area (Å²) in [4.78, 5) is 0. The summed E-state index contributed by atoms with van der Waals surface area (Å²) in [6.45, 7) is 0.0975. The van der Waals surface area contributed by atoms with Gasteiger partial charge in [0.25, 0.3) is 0 Å². The highest BCUT2D eigenvalue weighted by Crippen LogP contribution is 2.26. The lowest BCUT2D eigenvalue weighted by Gasteiger charge is -2.23. The number of hydrogen-bond donors (Lipinski definition) is 2. The van der Waals surface area contributed by atoms with E-state index in [1.807, 2.05) is 0 Å². The van der Waals surface area contributed by atoms with E-state index in [0.29, 0.717) is 24.1 Å². The van der Waals surface area contributed by atoms with Crippen molar-refractivity contribution in [1.29, 1.82) is 0 Å². The highest BCUT2D eigenvalue weighted by Gasteiger charge is 2.27. The quantitative estimate of drug-likeness (QED) is 0.892. The second-order valence-corrected chi connectivity index (χ2v) is 6.87. The molecule has 0 radical (unpaired) electrons. The molecule has 1 aromatic rings. The Labute approximate surface area is 113 Å². The Kier molecular flexibility index (Phi) is 4.42. The predicted molar refractivity (Wildman–Crippen MR) is 73.7 cm³/mol. The van der Waals surface area contributed by atoms with E-state index < -0.39 is 15.8 Å². The average molecular weight is 286 g/mol. The van der Waals surface area contributed by atoms with Gasteiger partial charge >= 0.3 is 0 Å². The molecular formula is C13H19FN2O2S. The molecule has 0 heterocycles. The van der Waals surface area contributed by atoms with Crippen molar-refractivity contribution in [3.05, 3.63) is 29.6 Å². The first-order chi connectivity index (χ1) is 9.03. The first-order valence-corrected chi connectivity index (χ1v) is 8.07. The molecule has 4 nitrogen and oxygen atoms in total. The number of anilines is 1. The molecule has 6 heteroatoms. The van der Waals surface area contributed by atoms with Gasteiger partial charge in [0, 0.05) is 6.54 Å². The van der Waals surface area contributed by atoms with E-state index in [0.717, 1.165) is 19.3 Å². The van der Waals surface area contributed by atoms with Gasteiger partial charge in [-0.25, -0.2) is 12.8 Å². The number of nitrogens with one attached hydrogen (secondary N) is 1. The minimum Gasteiger partial charge on any atom is -0.326 e. The van der Waals surface area contributed by atoms with Crippen LogP contribution in [0.3, 0.4) is 0 Å². The molecule has 0 saturated heterocycles. The van der Waals surface area contributed by atoms with Crippen molar-refractivity contribution in [2.24, 2.45) is 5.73 Å². The van der Waals surface area contributed by atoms with E-state index in [1.165, 1.54) is 18.2 Å². The van der Waals surface area contributed by atoms with Crippen LogP contribution in [0.2, 0.25) is 0 Å². The molecule has 1 fully saturated rings. The zero-order valence-electron chi connectivity index (χ0n) is 10.7. The van der Waals surface area contributed by atoms with Gasteiger partial charge in [-0.05, 0) is 36.6 Å². The summed E-state index contributed by atoms with van der Waals surface area (Å²) in [7, 11) is -3.41. The molecule has 1 saturated carbocycles. The topological polar surface area (TPSA) is 72.2 Å². The van der Waals surface area contributed by atoms with E-state index in [2.05, 4.69) is 4.72 Å². The maximum atomic E-state index is 13.1. The molecule has 0 amide bonds. The molecule has 0 aliphatic heterocycles. The molecule has 106 valence electrons. The molecule has 1 aliphatic rings. The lowest BCUT2D eigenvalue weighted by atomic mass is 10.0. The van der Waals surface area contributed by atoms with E-state index in [1.54, 1.807) is 0 Å². The number of nitrogens with two attached hydrogens (primary N) is 1. The SMILES string of the molecule is NCc1cc(F)ccc1NS(=O)(=O)C1CCCCC1. The van der Waals surface area contributed by atoms with Crippen LogP contribution in [0.1, 0.15) is 37.7 Å². The summed E-state index contributed by atoms with van der Waals surface area (Å²) in [5.41, 5.74) is 6.37. The highest BCUT2D eigenvalue weighted by atomic mass is 32.2. The lowest BCUT2D eigenvalue weighted by Crippen LogP contribution is -2.30. The van der Waals surface area contributed by atoms with Crippen LogP contribution >= 0.6 is 0 Å². The van der Waals surface area contributed by atoms with Crippen molar-refractivity contribution in [1.82, 2.24) is 0 Å². The Hall–Kier alpha value is -1.14. The Morgan fingerprint density at radius 3 is 2.58 bits per heavy atom. The van der Waals surface area contributed by atoms with Crippen LogP contribution in [0.25, 0.3) is 0 Å². The maximum Gasteiger partial charge on any atom is 0.235 e. The monoisotopic (exact) mass is 286 g/mol. The number of rotatable bonds is 4. The molecule has 0 spiro atoms. The third-order valence-electron chi connectivity index (χ3n) is 3.53.